The number of nitrogen functional groups attached to an aromatic ring is 1. The maximum absolute atomic E-state index is 5.63. The van der Waals surface area contributed by atoms with Crippen LogP contribution in [0.4, 0.5) is 5.95 Å². The van der Waals surface area contributed by atoms with Crippen LogP contribution in [0.25, 0.3) is 16.9 Å². The van der Waals surface area contributed by atoms with Crippen LogP contribution < -0.4 is 5.73 Å². The summed E-state index contributed by atoms with van der Waals surface area (Å²) in [5, 5.41) is 4.21. The van der Waals surface area contributed by atoms with Gasteiger partial charge in [0.05, 0.1) is 23.1 Å². The molecule has 3 heterocycles. The molecule has 5 nitrogen and oxygen atoms in total. The Kier molecular flexibility index (Phi) is 2.67. The fourth-order valence-corrected chi connectivity index (χ4v) is 2.01. The van der Waals surface area contributed by atoms with Gasteiger partial charge in [-0.2, -0.15) is 0 Å². The van der Waals surface area contributed by atoms with E-state index in [2.05, 4.69) is 35.0 Å². The minimum absolute atomic E-state index is 0.253. The van der Waals surface area contributed by atoms with Gasteiger partial charge in [-0.25, -0.2) is 9.50 Å². The molecule has 3 rings (SSSR count). The Balaban J connectivity index is 2.11. The molecule has 19 heavy (non-hydrogen) atoms. The Labute approximate surface area is 111 Å². The highest BCUT2D eigenvalue weighted by Gasteiger charge is 2.08. The lowest BCUT2D eigenvalue weighted by Crippen LogP contribution is -2.02. The highest BCUT2D eigenvalue weighted by Crippen LogP contribution is 2.21. The molecule has 5 heteroatoms. The highest BCUT2D eigenvalue weighted by atomic mass is 15.3. The van der Waals surface area contributed by atoms with Crippen molar-refractivity contribution in [3.05, 3.63) is 42.2 Å². The van der Waals surface area contributed by atoms with Gasteiger partial charge in [0.2, 0.25) is 5.95 Å². The van der Waals surface area contributed by atoms with Crippen LogP contribution in [0.15, 0.2) is 36.7 Å². The average Bonchev–Trinajstić information content (AvgIpc) is 2.81. The quantitative estimate of drug-likeness (QED) is 0.761. The topological polar surface area (TPSA) is 69.1 Å². The summed E-state index contributed by atoms with van der Waals surface area (Å²) in [6, 6.07) is 8.03. The summed E-state index contributed by atoms with van der Waals surface area (Å²) in [7, 11) is 0. The molecule has 3 aromatic rings. The van der Waals surface area contributed by atoms with Gasteiger partial charge in [-0.1, -0.05) is 19.9 Å². The second-order valence-electron chi connectivity index (χ2n) is 4.80. The summed E-state index contributed by atoms with van der Waals surface area (Å²) in [5.74, 6) is 0.729. The van der Waals surface area contributed by atoms with E-state index in [1.165, 1.54) is 5.56 Å². The van der Waals surface area contributed by atoms with Crippen LogP contribution in [-0.2, 0) is 0 Å². The Bertz CT molecular complexity index is 712. The lowest BCUT2D eigenvalue weighted by Gasteiger charge is -2.06. The fraction of sp³-hybridized carbons (Fsp3) is 0.214. The minimum Gasteiger partial charge on any atom is -0.367 e. The van der Waals surface area contributed by atoms with E-state index < -0.39 is 0 Å². The largest absolute Gasteiger partial charge is 0.367 e. The number of rotatable bonds is 2. The van der Waals surface area contributed by atoms with Crippen molar-refractivity contribution < 1.29 is 0 Å². The van der Waals surface area contributed by atoms with E-state index in [0.29, 0.717) is 5.92 Å². The summed E-state index contributed by atoms with van der Waals surface area (Å²) in [4.78, 5) is 8.48. The van der Waals surface area contributed by atoms with Gasteiger partial charge >= 0.3 is 0 Å². The van der Waals surface area contributed by atoms with Gasteiger partial charge in [0.15, 0.2) is 0 Å². The zero-order valence-electron chi connectivity index (χ0n) is 10.9. The van der Waals surface area contributed by atoms with E-state index >= 15 is 0 Å². The van der Waals surface area contributed by atoms with Gasteiger partial charge in [-0.15, -0.1) is 5.10 Å². The van der Waals surface area contributed by atoms with Gasteiger partial charge in [0.25, 0.3) is 0 Å². The molecule has 0 radical (unpaired) electrons. The Morgan fingerprint density at radius 2 is 1.89 bits per heavy atom. The number of hydrogen-bond acceptors (Lipinski definition) is 4. The third kappa shape index (κ3) is 2.03. The predicted molar refractivity (Wildman–Crippen MR) is 74.7 cm³/mol. The molecular formula is C14H15N5. The molecule has 0 unspecified atom stereocenters. The van der Waals surface area contributed by atoms with Crippen molar-refractivity contribution >= 4 is 11.5 Å². The fourth-order valence-electron chi connectivity index (χ4n) is 2.01. The first-order valence-electron chi connectivity index (χ1n) is 6.22. The summed E-state index contributed by atoms with van der Waals surface area (Å²) < 4.78 is 1.76. The van der Waals surface area contributed by atoms with E-state index in [1.807, 2.05) is 24.4 Å². The third-order valence-corrected chi connectivity index (χ3v) is 3.13. The van der Waals surface area contributed by atoms with Crippen LogP contribution in [0.1, 0.15) is 25.3 Å². The molecule has 0 amide bonds. The van der Waals surface area contributed by atoms with Gasteiger partial charge in [-0.3, -0.25) is 4.98 Å². The van der Waals surface area contributed by atoms with Crippen LogP contribution in [-0.4, -0.2) is 19.6 Å². The Morgan fingerprint density at radius 3 is 2.58 bits per heavy atom. The minimum atomic E-state index is 0.253. The van der Waals surface area contributed by atoms with E-state index in [9.17, 15) is 0 Å². The summed E-state index contributed by atoms with van der Waals surface area (Å²) in [6.45, 7) is 4.30. The molecule has 0 aromatic carbocycles. The maximum Gasteiger partial charge on any atom is 0.238 e. The third-order valence-electron chi connectivity index (χ3n) is 3.13. The van der Waals surface area contributed by atoms with Crippen molar-refractivity contribution in [2.45, 2.75) is 19.8 Å². The second-order valence-corrected chi connectivity index (χ2v) is 4.80. The van der Waals surface area contributed by atoms with Crippen molar-refractivity contribution in [1.29, 1.82) is 0 Å². The lowest BCUT2D eigenvalue weighted by molar-refractivity contribution is 0.857. The second kappa shape index (κ2) is 4.35. The molecule has 0 aliphatic rings. The molecular weight excluding hydrogens is 238 g/mol. The van der Waals surface area contributed by atoms with Gasteiger partial charge < -0.3 is 5.73 Å². The number of hydrogen-bond donors (Lipinski definition) is 1. The standard InChI is InChI=1S/C14H15N5/c1-9(2)10-3-5-12(16-7-10)13-6-4-11-8-17-14(15)18-19(11)13/h3-9H,1-2H3,(H2,15,18). The normalized spacial score (nSPS) is 11.3. The van der Waals surface area contributed by atoms with Crippen LogP contribution in [0.5, 0.6) is 0 Å². The molecule has 2 N–H and O–H groups in total. The van der Waals surface area contributed by atoms with Crippen LogP contribution in [0.3, 0.4) is 0 Å². The summed E-state index contributed by atoms with van der Waals surface area (Å²) in [6.07, 6.45) is 3.61. The molecule has 0 aliphatic heterocycles. The molecule has 0 aliphatic carbocycles. The SMILES string of the molecule is CC(C)c1ccc(-c2ccc3cnc(N)nn23)nc1. The average molecular weight is 253 g/mol. The van der Waals surface area contributed by atoms with E-state index in [-0.39, 0.29) is 5.95 Å². The predicted octanol–water partition coefficient (Wildman–Crippen LogP) is 2.50. The molecule has 0 bridgehead atoms. The lowest BCUT2D eigenvalue weighted by atomic mass is 10.1. The van der Waals surface area contributed by atoms with Crippen LogP contribution >= 0.6 is 0 Å². The first-order valence-corrected chi connectivity index (χ1v) is 6.22. The zero-order chi connectivity index (χ0) is 13.4. The van der Waals surface area contributed by atoms with E-state index in [4.69, 9.17) is 5.73 Å². The number of nitrogens with two attached hydrogens (primary N) is 1. The Hall–Kier alpha value is -2.43. The molecule has 3 aromatic heterocycles. The number of pyridine rings is 1. The first-order chi connectivity index (χ1) is 9.15. The van der Waals surface area contributed by atoms with Crippen LogP contribution in [0, 0.1) is 0 Å². The van der Waals surface area contributed by atoms with Crippen molar-refractivity contribution in [3.8, 4) is 11.4 Å². The van der Waals surface area contributed by atoms with Gasteiger partial charge in [0, 0.05) is 6.20 Å². The molecule has 0 fully saturated rings. The van der Waals surface area contributed by atoms with Gasteiger partial charge in [0.1, 0.15) is 0 Å². The number of fused-ring (bicyclic) bond motifs is 1. The first kappa shape index (κ1) is 11.6. The van der Waals surface area contributed by atoms with E-state index in [1.54, 1.807) is 10.7 Å². The molecule has 0 saturated heterocycles. The zero-order valence-corrected chi connectivity index (χ0v) is 10.9. The summed E-state index contributed by atoms with van der Waals surface area (Å²) >= 11 is 0. The van der Waals surface area contributed by atoms with Crippen LogP contribution in [0.2, 0.25) is 0 Å². The van der Waals surface area contributed by atoms with Crippen molar-refractivity contribution in [1.82, 2.24) is 19.6 Å². The molecule has 0 saturated carbocycles. The number of anilines is 1. The molecule has 0 spiro atoms. The Morgan fingerprint density at radius 1 is 1.05 bits per heavy atom. The maximum atomic E-state index is 5.63. The van der Waals surface area contributed by atoms with Gasteiger partial charge in [-0.05, 0) is 29.7 Å². The van der Waals surface area contributed by atoms with E-state index in [0.717, 1.165) is 16.9 Å². The smallest absolute Gasteiger partial charge is 0.238 e. The van der Waals surface area contributed by atoms with Crippen molar-refractivity contribution in [2.24, 2.45) is 0 Å². The number of nitrogens with zero attached hydrogens (tertiary/aromatic N) is 4. The summed E-state index contributed by atoms with van der Waals surface area (Å²) in [5.41, 5.74) is 9.55. The van der Waals surface area contributed by atoms with Crippen molar-refractivity contribution in [3.63, 3.8) is 0 Å². The molecule has 96 valence electrons. The van der Waals surface area contributed by atoms with Crippen molar-refractivity contribution in [2.75, 3.05) is 5.73 Å². The monoisotopic (exact) mass is 253 g/mol. The highest BCUT2D eigenvalue weighted by molar-refractivity contribution is 5.63. The molecule has 0 atom stereocenters. The number of aromatic nitrogens is 4.